The maximum Gasteiger partial charge on any atom is 0.240 e. The number of benzene rings is 1. The van der Waals surface area contributed by atoms with Crippen LogP contribution in [-0.2, 0) is 4.79 Å². The van der Waals surface area contributed by atoms with Gasteiger partial charge in [-0.3, -0.25) is 9.69 Å². The van der Waals surface area contributed by atoms with Crippen LogP contribution in [0.2, 0.25) is 0 Å². The zero-order valence-electron chi connectivity index (χ0n) is 21.5. The van der Waals surface area contributed by atoms with E-state index in [1.807, 2.05) is 22.7 Å². The normalized spacial score (nSPS) is 23.0. The molecule has 208 valence electrons. The highest BCUT2D eigenvalue weighted by Gasteiger charge is 2.32. The molecule has 3 heterocycles. The van der Waals surface area contributed by atoms with Crippen LogP contribution in [0.15, 0.2) is 36.4 Å². The number of halogens is 3. The number of rotatable bonds is 6. The van der Waals surface area contributed by atoms with Crippen molar-refractivity contribution in [2.45, 2.75) is 51.1 Å². The van der Waals surface area contributed by atoms with Crippen molar-refractivity contribution in [3.05, 3.63) is 42.1 Å². The topological polar surface area (TPSA) is 70.6 Å². The number of hydrogen-bond acceptors (Lipinski definition) is 6. The summed E-state index contributed by atoms with van der Waals surface area (Å²) >= 11 is 1.83. The predicted molar refractivity (Wildman–Crippen MR) is 161 cm³/mol. The highest BCUT2D eigenvalue weighted by molar-refractivity contribution is 7.99. The Morgan fingerprint density at radius 3 is 2.32 bits per heavy atom. The van der Waals surface area contributed by atoms with Gasteiger partial charge >= 0.3 is 0 Å². The lowest BCUT2D eigenvalue weighted by atomic mass is 9.81. The van der Waals surface area contributed by atoms with E-state index in [1.54, 1.807) is 0 Å². The third-order valence-electron chi connectivity index (χ3n) is 7.75. The Bertz CT molecular complexity index is 958. The minimum atomic E-state index is -0.318. The van der Waals surface area contributed by atoms with E-state index in [2.05, 4.69) is 51.7 Å². The van der Waals surface area contributed by atoms with Gasteiger partial charge in [0.05, 0.1) is 23.3 Å². The van der Waals surface area contributed by atoms with Crippen LogP contribution in [0.5, 0.6) is 0 Å². The van der Waals surface area contributed by atoms with E-state index < -0.39 is 0 Å². The van der Waals surface area contributed by atoms with Gasteiger partial charge in [0.2, 0.25) is 5.91 Å². The number of amides is 1. The Balaban J connectivity index is 0.00000160. The lowest BCUT2D eigenvalue weighted by Gasteiger charge is -2.42. The van der Waals surface area contributed by atoms with Crippen molar-refractivity contribution >= 4 is 60.7 Å². The van der Waals surface area contributed by atoms with Gasteiger partial charge in [0.25, 0.3) is 0 Å². The predicted octanol–water partition coefficient (Wildman–Crippen LogP) is 4.38. The fourth-order valence-corrected chi connectivity index (χ4v) is 6.77. The van der Waals surface area contributed by atoms with Gasteiger partial charge < -0.3 is 15.5 Å². The van der Waals surface area contributed by atoms with E-state index in [1.165, 1.54) is 31.5 Å². The van der Waals surface area contributed by atoms with Gasteiger partial charge in [0.1, 0.15) is 5.82 Å². The molecule has 1 aliphatic carbocycles. The molecule has 11 heteroatoms. The van der Waals surface area contributed by atoms with Crippen molar-refractivity contribution in [3.63, 3.8) is 0 Å². The van der Waals surface area contributed by atoms with Crippen LogP contribution in [0.25, 0.3) is 5.69 Å². The lowest BCUT2D eigenvalue weighted by molar-refractivity contribution is -0.131. The van der Waals surface area contributed by atoms with E-state index in [-0.39, 0.29) is 49.2 Å². The number of nitrogens with zero attached hydrogens (tertiary/aromatic N) is 5. The molecule has 0 bridgehead atoms. The monoisotopic (exact) mass is 590 g/mol. The second-order valence-electron chi connectivity index (χ2n) is 10.1. The number of para-hydroxylation sites is 1. The zero-order valence-corrected chi connectivity index (χ0v) is 24.8. The van der Waals surface area contributed by atoms with Crippen LogP contribution in [0.4, 0.5) is 5.82 Å². The van der Waals surface area contributed by atoms with Crippen LogP contribution < -0.4 is 10.6 Å². The maximum atomic E-state index is 12.6. The van der Waals surface area contributed by atoms with E-state index >= 15 is 0 Å². The molecule has 1 saturated carbocycles. The molecule has 2 saturated heterocycles. The molecular formula is C26H41Cl3N6OS. The first-order valence-electron chi connectivity index (χ1n) is 12.8. The van der Waals surface area contributed by atoms with Gasteiger partial charge in [-0.15, -0.1) is 49.0 Å². The lowest BCUT2D eigenvalue weighted by Crippen LogP contribution is -2.51. The zero-order chi connectivity index (χ0) is 23.5. The number of hydrogen-bond donors (Lipinski definition) is 1. The summed E-state index contributed by atoms with van der Waals surface area (Å²) in [5.41, 5.74) is 8.48. The molecule has 2 N–H and O–H groups in total. The Labute approximate surface area is 244 Å². The Morgan fingerprint density at radius 1 is 1.03 bits per heavy atom. The quantitative estimate of drug-likeness (QED) is 0.538. The summed E-state index contributed by atoms with van der Waals surface area (Å²) in [6, 6.07) is 13.0. The number of carbonyl (C=O) groups is 1. The first-order valence-corrected chi connectivity index (χ1v) is 14.0. The molecule has 5 rings (SSSR count). The average molecular weight is 592 g/mol. The number of piperazine rings is 1. The van der Waals surface area contributed by atoms with Crippen molar-refractivity contribution in [3.8, 4) is 5.69 Å². The largest absolute Gasteiger partial charge is 0.354 e. The maximum absolute atomic E-state index is 12.6. The van der Waals surface area contributed by atoms with E-state index in [0.29, 0.717) is 12.0 Å². The van der Waals surface area contributed by atoms with Crippen LogP contribution in [-0.4, -0.2) is 81.9 Å². The summed E-state index contributed by atoms with van der Waals surface area (Å²) < 4.78 is 2.08. The second kappa shape index (κ2) is 14.8. The van der Waals surface area contributed by atoms with E-state index in [4.69, 9.17) is 10.8 Å². The minimum Gasteiger partial charge on any atom is -0.354 e. The molecule has 37 heavy (non-hydrogen) atoms. The number of nitrogens with two attached hydrogens (primary N) is 1. The molecule has 1 unspecified atom stereocenters. The van der Waals surface area contributed by atoms with Crippen LogP contribution in [0.3, 0.4) is 0 Å². The molecule has 1 aromatic heterocycles. The van der Waals surface area contributed by atoms with E-state index in [0.717, 1.165) is 62.2 Å². The van der Waals surface area contributed by atoms with Crippen molar-refractivity contribution in [2.24, 2.45) is 11.7 Å². The molecule has 2 aliphatic heterocycles. The summed E-state index contributed by atoms with van der Waals surface area (Å²) in [5.74, 6) is 3.81. The number of aromatic nitrogens is 2. The van der Waals surface area contributed by atoms with Crippen LogP contribution >= 0.6 is 49.0 Å². The number of thioether (sulfide) groups is 1. The third kappa shape index (κ3) is 7.70. The van der Waals surface area contributed by atoms with Gasteiger partial charge in [0, 0.05) is 50.6 Å². The van der Waals surface area contributed by atoms with Crippen molar-refractivity contribution in [1.29, 1.82) is 0 Å². The Kier molecular flexibility index (Phi) is 12.9. The molecule has 0 spiro atoms. The second-order valence-corrected chi connectivity index (χ2v) is 11.1. The molecule has 3 aliphatic rings. The van der Waals surface area contributed by atoms with Crippen LogP contribution in [0.1, 0.15) is 37.8 Å². The van der Waals surface area contributed by atoms with Crippen molar-refractivity contribution < 1.29 is 4.79 Å². The highest BCUT2D eigenvalue weighted by Crippen LogP contribution is 2.32. The average Bonchev–Trinajstić information content (AvgIpc) is 3.55. The summed E-state index contributed by atoms with van der Waals surface area (Å²) in [4.78, 5) is 19.7. The first kappa shape index (κ1) is 32.1. The molecule has 1 atom stereocenters. The van der Waals surface area contributed by atoms with E-state index in [9.17, 15) is 4.79 Å². The van der Waals surface area contributed by atoms with Gasteiger partial charge in [0.15, 0.2) is 0 Å². The number of aryl methyl sites for hydroxylation is 1. The Hall–Kier alpha value is -1.16. The van der Waals surface area contributed by atoms with Crippen LogP contribution in [0, 0.1) is 12.8 Å². The molecule has 0 radical (unpaired) electrons. The van der Waals surface area contributed by atoms with Gasteiger partial charge in [-0.1, -0.05) is 18.2 Å². The summed E-state index contributed by atoms with van der Waals surface area (Å²) in [7, 11) is 0. The summed E-state index contributed by atoms with van der Waals surface area (Å²) in [6.45, 7) is 7.19. The van der Waals surface area contributed by atoms with Gasteiger partial charge in [-0.25, -0.2) is 4.68 Å². The summed E-state index contributed by atoms with van der Waals surface area (Å²) in [6.07, 6.45) is 5.70. The smallest absolute Gasteiger partial charge is 0.240 e. The molecule has 7 nitrogen and oxygen atoms in total. The number of anilines is 1. The van der Waals surface area contributed by atoms with Gasteiger partial charge in [-0.05, 0) is 57.1 Å². The third-order valence-corrected chi connectivity index (χ3v) is 8.72. The van der Waals surface area contributed by atoms with Gasteiger partial charge in [-0.2, -0.15) is 5.10 Å². The summed E-state index contributed by atoms with van der Waals surface area (Å²) in [5, 5.41) is 4.76. The molecule has 1 amide bonds. The highest BCUT2D eigenvalue weighted by atomic mass is 35.5. The Morgan fingerprint density at radius 2 is 1.70 bits per heavy atom. The SMILES string of the molecule is Cc1cc(N2CCN(C3CCC(CC(N)C(=O)N4CCSC4)CC3)CC2)n(-c2ccccc2)n1.Cl.Cl.Cl. The molecule has 2 aromatic rings. The first-order chi connectivity index (χ1) is 16.6. The standard InChI is InChI=1S/C26H38N6OS.3ClH/c1-20-17-25(32(28-20)23-5-3-2-4-6-23)30-13-11-29(12-14-30)22-9-7-21(8-10-22)18-24(27)26(33)31-15-16-34-19-31;;;/h2-6,17,21-22,24H,7-16,18-19,27H2,1H3;3*1H. The fraction of sp³-hybridized carbons (Fsp3) is 0.615. The number of carbonyl (C=O) groups excluding carboxylic acids is 1. The van der Waals surface area contributed by atoms with Crippen molar-refractivity contribution in [2.75, 3.05) is 49.3 Å². The molecule has 1 aromatic carbocycles. The fourth-order valence-electron chi connectivity index (χ4n) is 5.81. The molecular weight excluding hydrogens is 551 g/mol. The minimum absolute atomic E-state index is 0. The molecule has 3 fully saturated rings. The van der Waals surface area contributed by atoms with Crippen molar-refractivity contribution in [1.82, 2.24) is 19.6 Å².